The first kappa shape index (κ1) is 36.7. The third-order valence-corrected chi connectivity index (χ3v) is 9.00. The number of alkyl carbamates (subject to hydrolysis) is 1. The molecule has 0 aliphatic carbocycles. The molecule has 13 heteroatoms. The predicted octanol–water partition coefficient (Wildman–Crippen LogP) is 6.05. The van der Waals surface area contributed by atoms with Crippen LogP contribution in [-0.4, -0.2) is 98.9 Å². The molecule has 2 aromatic carbocycles. The van der Waals surface area contributed by atoms with Gasteiger partial charge in [0.15, 0.2) is 18.0 Å². The highest BCUT2D eigenvalue weighted by molar-refractivity contribution is 7.59. The monoisotopic (exact) mass is 701 g/mol. The highest BCUT2D eigenvalue weighted by Crippen LogP contribution is 2.33. The molecule has 0 spiro atoms. The van der Waals surface area contributed by atoms with Crippen molar-refractivity contribution in [1.82, 2.24) is 25.2 Å². The summed E-state index contributed by atoms with van der Waals surface area (Å²) in [5.74, 6) is 1.20. The van der Waals surface area contributed by atoms with Crippen LogP contribution >= 0.6 is 8.58 Å². The fraction of sp³-hybridized carbons (Fsp3) is 0.432. The maximum absolute atomic E-state index is 12.7. The number of aliphatic imine (C=N–C) groups is 1. The summed E-state index contributed by atoms with van der Waals surface area (Å²) in [5.41, 5.74) is 2.22. The van der Waals surface area contributed by atoms with E-state index in [1.807, 2.05) is 71.9 Å². The Morgan fingerprint density at radius 2 is 1.78 bits per heavy atom. The number of ether oxygens (including phenoxy) is 2. The number of aromatic amines is 1. The van der Waals surface area contributed by atoms with Crippen LogP contribution in [-0.2, 0) is 16.0 Å². The first-order valence-electron chi connectivity index (χ1n) is 16.9. The number of aromatic hydroxyl groups is 1. The van der Waals surface area contributed by atoms with Crippen LogP contribution < -0.4 is 15.0 Å². The first-order chi connectivity index (χ1) is 23.7. The van der Waals surface area contributed by atoms with E-state index in [9.17, 15) is 14.7 Å². The van der Waals surface area contributed by atoms with Crippen LogP contribution in [0.3, 0.4) is 0 Å². The molecule has 0 radical (unpaired) electrons. The van der Waals surface area contributed by atoms with E-state index in [1.54, 1.807) is 18.3 Å². The molecule has 1 unspecified atom stereocenters. The first-order valence-corrected chi connectivity index (χ1v) is 17.9. The number of nitrogens with one attached hydrogen (secondary N) is 2. The molecule has 1 fully saturated rings. The summed E-state index contributed by atoms with van der Waals surface area (Å²) in [5, 5.41) is 14.6. The van der Waals surface area contributed by atoms with Crippen LogP contribution in [0.2, 0.25) is 0 Å². The highest BCUT2D eigenvalue weighted by Gasteiger charge is 2.27. The zero-order valence-electron chi connectivity index (χ0n) is 29.7. The van der Waals surface area contributed by atoms with Crippen LogP contribution in [0.15, 0.2) is 65.9 Å². The van der Waals surface area contributed by atoms with Crippen molar-refractivity contribution >= 4 is 49.0 Å². The second-order valence-electron chi connectivity index (χ2n) is 14.5. The summed E-state index contributed by atoms with van der Waals surface area (Å²) >= 11 is 0. The number of hydrogen-bond donors (Lipinski definition) is 3. The topological polar surface area (TPSA) is 145 Å². The van der Waals surface area contributed by atoms with E-state index in [4.69, 9.17) is 9.47 Å². The van der Waals surface area contributed by atoms with Crippen molar-refractivity contribution in [3.05, 3.63) is 72.1 Å². The van der Waals surface area contributed by atoms with Crippen LogP contribution in [0.1, 0.15) is 52.7 Å². The SMILES string of the molecule is CC(C)(C)OC(=O)N[C@H](Cc1ccccc1)CN1CCN(c2ncnc3[nH]c(O)c(C=Nc4cccc(OCC(=O)PC(C)(C)C)c4)c23)CC1. The molecule has 5 rings (SSSR count). The average molecular weight is 702 g/mol. The Kier molecular flexibility index (Phi) is 11.8. The highest BCUT2D eigenvalue weighted by atomic mass is 31.1. The van der Waals surface area contributed by atoms with Gasteiger partial charge in [-0.3, -0.25) is 14.7 Å². The second-order valence-corrected chi connectivity index (χ2v) is 16.8. The van der Waals surface area contributed by atoms with Gasteiger partial charge in [-0.05, 0) is 58.6 Å². The molecule has 266 valence electrons. The minimum absolute atomic E-state index is 0.00795. The van der Waals surface area contributed by atoms with E-state index in [-0.39, 0.29) is 37.8 Å². The number of carbonyl (C=O) groups excluding carboxylic acids is 2. The van der Waals surface area contributed by atoms with E-state index >= 15 is 0 Å². The average Bonchev–Trinajstić information content (AvgIpc) is 3.37. The molecule has 3 heterocycles. The summed E-state index contributed by atoms with van der Waals surface area (Å²) < 4.78 is 11.3. The number of rotatable bonds is 12. The maximum atomic E-state index is 12.7. The van der Waals surface area contributed by atoms with Crippen molar-refractivity contribution in [2.45, 2.75) is 64.8 Å². The third kappa shape index (κ3) is 10.7. The Morgan fingerprint density at radius 1 is 1.04 bits per heavy atom. The molecule has 0 saturated carbocycles. The standard InChI is InChI=1S/C37H48N7O5P/c1-36(2,3)49-35(47)41-27(19-25-11-8-7-9-12-25)22-43-15-17-44(18-16-43)33-31-29(34(46)42-32(31)39-24-40-33)21-38-26-13-10-14-28(20-26)48-23-30(45)50-37(4,5)6/h7-14,20-21,24,27,46,50H,15-19,22-23H2,1-6H3,(H,41,47)(H,39,40,42)/t27-/m1/s1. The number of anilines is 1. The van der Waals surface area contributed by atoms with Crippen LogP contribution in [0, 0.1) is 0 Å². The fourth-order valence-electron chi connectivity index (χ4n) is 5.77. The molecule has 1 aliphatic rings. The molecule has 1 saturated heterocycles. The molecule has 50 heavy (non-hydrogen) atoms. The van der Waals surface area contributed by atoms with Gasteiger partial charge >= 0.3 is 6.09 Å². The molecular formula is C37H48N7O5P. The second kappa shape index (κ2) is 16.0. The number of fused-ring (bicyclic) bond motifs is 1. The Labute approximate surface area is 295 Å². The number of amides is 1. The van der Waals surface area contributed by atoms with Gasteiger partial charge in [-0.25, -0.2) is 14.8 Å². The molecule has 2 atom stereocenters. The van der Waals surface area contributed by atoms with Crippen molar-refractivity contribution < 1.29 is 24.2 Å². The minimum atomic E-state index is -0.585. The van der Waals surface area contributed by atoms with Crippen molar-refractivity contribution in [3.63, 3.8) is 0 Å². The van der Waals surface area contributed by atoms with Gasteiger partial charge in [0.25, 0.3) is 0 Å². The Morgan fingerprint density at radius 3 is 2.48 bits per heavy atom. The van der Waals surface area contributed by atoms with E-state index in [0.717, 1.165) is 18.7 Å². The van der Waals surface area contributed by atoms with Gasteiger partial charge < -0.3 is 29.8 Å². The van der Waals surface area contributed by atoms with Gasteiger partial charge in [-0.15, -0.1) is 0 Å². The largest absolute Gasteiger partial charge is 0.494 e. The lowest BCUT2D eigenvalue weighted by Gasteiger charge is -2.37. The predicted molar refractivity (Wildman–Crippen MR) is 200 cm³/mol. The van der Waals surface area contributed by atoms with Crippen LogP contribution in [0.25, 0.3) is 11.0 Å². The summed E-state index contributed by atoms with van der Waals surface area (Å²) in [6, 6.07) is 17.2. The van der Waals surface area contributed by atoms with E-state index in [2.05, 4.69) is 47.2 Å². The van der Waals surface area contributed by atoms with Gasteiger partial charge in [0.2, 0.25) is 0 Å². The molecule has 3 N–H and O–H groups in total. The van der Waals surface area contributed by atoms with Crippen molar-refractivity contribution in [3.8, 4) is 11.6 Å². The molecule has 1 aliphatic heterocycles. The molecule has 1 amide bonds. The van der Waals surface area contributed by atoms with Gasteiger partial charge in [-0.2, -0.15) is 0 Å². The number of nitrogens with zero attached hydrogens (tertiary/aromatic N) is 5. The van der Waals surface area contributed by atoms with Crippen LogP contribution in [0.4, 0.5) is 16.3 Å². The van der Waals surface area contributed by atoms with Gasteiger partial charge in [0.05, 0.1) is 16.6 Å². The molecule has 12 nitrogen and oxygen atoms in total. The quantitative estimate of drug-likeness (QED) is 0.119. The zero-order chi connectivity index (χ0) is 35.9. The summed E-state index contributed by atoms with van der Waals surface area (Å²) in [6.07, 6.45) is 3.35. The van der Waals surface area contributed by atoms with Gasteiger partial charge in [-0.1, -0.05) is 57.2 Å². The maximum Gasteiger partial charge on any atom is 0.407 e. The lowest BCUT2D eigenvalue weighted by Crippen LogP contribution is -2.52. The minimum Gasteiger partial charge on any atom is -0.494 e. The number of carbonyl (C=O) groups is 2. The summed E-state index contributed by atoms with van der Waals surface area (Å²) in [6.45, 7) is 15.2. The number of H-pyrrole nitrogens is 1. The zero-order valence-corrected chi connectivity index (χ0v) is 30.7. The number of piperazine rings is 1. The molecule has 4 aromatic rings. The summed E-state index contributed by atoms with van der Waals surface area (Å²) in [7, 11) is 0.164. The number of benzene rings is 2. The van der Waals surface area contributed by atoms with Crippen molar-refractivity contribution in [2.24, 2.45) is 4.99 Å². The molecular weight excluding hydrogens is 653 g/mol. The normalized spacial score (nSPS) is 15.2. The van der Waals surface area contributed by atoms with Gasteiger partial charge in [0, 0.05) is 51.0 Å². The lowest BCUT2D eigenvalue weighted by molar-refractivity contribution is -0.113. The van der Waals surface area contributed by atoms with Crippen molar-refractivity contribution in [1.29, 1.82) is 0 Å². The van der Waals surface area contributed by atoms with Crippen molar-refractivity contribution in [2.75, 3.05) is 44.2 Å². The lowest BCUT2D eigenvalue weighted by atomic mass is 10.1. The fourth-order valence-corrected chi connectivity index (χ4v) is 6.75. The van der Waals surface area contributed by atoms with Gasteiger partial charge in [0.1, 0.15) is 29.1 Å². The van der Waals surface area contributed by atoms with Crippen LogP contribution in [0.5, 0.6) is 11.6 Å². The molecule has 2 aromatic heterocycles. The van der Waals surface area contributed by atoms with E-state index < -0.39 is 11.7 Å². The number of aromatic nitrogens is 3. The van der Waals surface area contributed by atoms with E-state index in [1.165, 1.54) is 6.33 Å². The Bertz CT molecular complexity index is 1790. The third-order valence-electron chi connectivity index (χ3n) is 7.83. The summed E-state index contributed by atoms with van der Waals surface area (Å²) in [4.78, 5) is 46.2. The van der Waals surface area contributed by atoms with E-state index in [0.29, 0.717) is 59.9 Å². The smallest absolute Gasteiger partial charge is 0.407 e. The Balaban J connectivity index is 1.26. The Hall–Kier alpha value is -4.54. The number of hydrogen-bond acceptors (Lipinski definition) is 10. The molecule has 0 bridgehead atoms.